The van der Waals surface area contributed by atoms with Gasteiger partial charge in [0, 0.05) is 29.9 Å². The summed E-state index contributed by atoms with van der Waals surface area (Å²) >= 11 is 0. The van der Waals surface area contributed by atoms with Crippen LogP contribution in [0.2, 0.25) is 0 Å². The molecule has 0 aliphatic carbocycles. The summed E-state index contributed by atoms with van der Waals surface area (Å²) in [5.41, 5.74) is 13.2. The van der Waals surface area contributed by atoms with E-state index in [1.165, 1.54) is 0 Å². The molecular formula is C28H42N6O7. The largest absolute Gasteiger partial charge is 0.481 e. The van der Waals surface area contributed by atoms with E-state index in [1.54, 1.807) is 6.20 Å². The summed E-state index contributed by atoms with van der Waals surface area (Å²) < 4.78 is 0. The highest BCUT2D eigenvalue weighted by atomic mass is 16.4. The smallest absolute Gasteiger partial charge is 0.326 e. The molecule has 41 heavy (non-hydrogen) atoms. The first-order valence-corrected chi connectivity index (χ1v) is 13.8. The Kier molecular flexibility index (Phi) is 13.2. The number of aromatic amines is 1. The average molecular weight is 575 g/mol. The van der Waals surface area contributed by atoms with E-state index < -0.39 is 60.2 Å². The zero-order valence-corrected chi connectivity index (χ0v) is 23.5. The van der Waals surface area contributed by atoms with E-state index in [2.05, 4.69) is 20.9 Å². The van der Waals surface area contributed by atoms with E-state index in [9.17, 15) is 29.1 Å². The second kappa shape index (κ2) is 16.3. The van der Waals surface area contributed by atoms with Gasteiger partial charge in [-0.3, -0.25) is 19.2 Å². The summed E-state index contributed by atoms with van der Waals surface area (Å²) in [6, 6.07) is 2.81. The van der Waals surface area contributed by atoms with Gasteiger partial charge in [-0.1, -0.05) is 38.5 Å². The molecule has 10 N–H and O–H groups in total. The number of unbranched alkanes of at least 4 members (excludes halogenated alkanes) is 1. The Hall–Kier alpha value is -3.97. The lowest BCUT2D eigenvalue weighted by atomic mass is 9.98. The fraction of sp³-hybridized carbons (Fsp3) is 0.536. The van der Waals surface area contributed by atoms with E-state index in [1.807, 2.05) is 38.1 Å². The summed E-state index contributed by atoms with van der Waals surface area (Å²) in [7, 11) is 0. The van der Waals surface area contributed by atoms with Crippen LogP contribution in [0.4, 0.5) is 0 Å². The lowest BCUT2D eigenvalue weighted by molar-refractivity contribution is -0.143. The molecule has 0 aliphatic heterocycles. The number of amides is 3. The predicted octanol–water partition coefficient (Wildman–Crippen LogP) is 0.617. The number of nitrogens with two attached hydrogens (primary N) is 2. The summed E-state index contributed by atoms with van der Waals surface area (Å²) in [5.74, 6) is -4.66. The second-order valence-corrected chi connectivity index (χ2v) is 10.2. The van der Waals surface area contributed by atoms with E-state index in [0.29, 0.717) is 31.4 Å². The number of carbonyl (C=O) groups excluding carboxylic acids is 3. The van der Waals surface area contributed by atoms with Gasteiger partial charge < -0.3 is 42.6 Å². The first-order valence-electron chi connectivity index (χ1n) is 13.8. The third kappa shape index (κ3) is 10.2. The van der Waals surface area contributed by atoms with E-state index in [0.717, 1.165) is 10.9 Å². The van der Waals surface area contributed by atoms with E-state index in [-0.39, 0.29) is 25.2 Å². The quantitative estimate of drug-likeness (QED) is 0.116. The maximum Gasteiger partial charge on any atom is 0.326 e. The van der Waals surface area contributed by atoms with Crippen molar-refractivity contribution < 1.29 is 34.2 Å². The SMILES string of the molecule is CCC(C)C(N)C(=O)NC(CCCCN)C(=O)NC(Cc1c[nH]c2ccccc12)C(=O)NC(CCC(=O)O)C(=O)O. The van der Waals surface area contributed by atoms with Crippen LogP contribution in [0.3, 0.4) is 0 Å². The van der Waals surface area contributed by atoms with Gasteiger partial charge in [0.05, 0.1) is 6.04 Å². The number of rotatable bonds is 18. The maximum absolute atomic E-state index is 13.5. The maximum atomic E-state index is 13.5. The molecule has 3 amide bonds. The fourth-order valence-corrected chi connectivity index (χ4v) is 4.34. The molecule has 1 aromatic carbocycles. The highest BCUT2D eigenvalue weighted by molar-refractivity contribution is 5.95. The number of para-hydroxylation sites is 1. The van der Waals surface area contributed by atoms with Gasteiger partial charge >= 0.3 is 11.9 Å². The Morgan fingerprint density at radius 1 is 0.902 bits per heavy atom. The van der Waals surface area contributed by atoms with Gasteiger partial charge in [0.1, 0.15) is 18.1 Å². The first kappa shape index (κ1) is 33.2. The number of benzene rings is 1. The lowest BCUT2D eigenvalue weighted by Gasteiger charge is -2.26. The number of fused-ring (bicyclic) bond motifs is 1. The number of hydrogen-bond donors (Lipinski definition) is 8. The van der Waals surface area contributed by atoms with Crippen LogP contribution in [0.5, 0.6) is 0 Å². The minimum Gasteiger partial charge on any atom is -0.481 e. The highest BCUT2D eigenvalue weighted by Gasteiger charge is 2.31. The molecule has 0 saturated carbocycles. The van der Waals surface area contributed by atoms with Crippen molar-refractivity contribution in [2.24, 2.45) is 17.4 Å². The Bertz CT molecular complexity index is 1200. The van der Waals surface area contributed by atoms with Gasteiger partial charge in [0.25, 0.3) is 0 Å². The number of aliphatic carboxylic acids is 2. The zero-order valence-electron chi connectivity index (χ0n) is 23.5. The minimum absolute atomic E-state index is 0.00268. The van der Waals surface area contributed by atoms with Crippen LogP contribution in [0.15, 0.2) is 30.5 Å². The minimum atomic E-state index is -1.48. The third-order valence-electron chi connectivity index (χ3n) is 7.13. The van der Waals surface area contributed by atoms with Gasteiger partial charge in [-0.2, -0.15) is 0 Å². The van der Waals surface area contributed by atoms with Gasteiger partial charge in [0.2, 0.25) is 17.7 Å². The molecule has 0 radical (unpaired) electrons. The molecule has 0 saturated heterocycles. The summed E-state index contributed by atoms with van der Waals surface area (Å²) in [4.78, 5) is 65.5. The molecule has 0 fully saturated rings. The van der Waals surface area contributed by atoms with Crippen LogP contribution >= 0.6 is 0 Å². The number of hydrogen-bond acceptors (Lipinski definition) is 7. The van der Waals surface area contributed by atoms with E-state index in [4.69, 9.17) is 16.6 Å². The van der Waals surface area contributed by atoms with Crippen LogP contribution < -0.4 is 27.4 Å². The summed E-state index contributed by atoms with van der Waals surface area (Å²) in [6.07, 6.45) is 2.95. The van der Waals surface area contributed by atoms with Crippen molar-refractivity contribution in [2.75, 3.05) is 6.54 Å². The first-order chi connectivity index (χ1) is 19.5. The van der Waals surface area contributed by atoms with E-state index >= 15 is 0 Å². The fourth-order valence-electron chi connectivity index (χ4n) is 4.34. The van der Waals surface area contributed by atoms with Crippen LogP contribution in [-0.4, -0.2) is 75.6 Å². The second-order valence-electron chi connectivity index (χ2n) is 10.2. The molecule has 2 rings (SSSR count). The van der Waals surface area contributed by atoms with Crippen molar-refractivity contribution >= 4 is 40.6 Å². The van der Waals surface area contributed by atoms with Crippen LogP contribution in [-0.2, 0) is 30.4 Å². The molecule has 226 valence electrons. The normalized spacial score (nSPS) is 14.8. The third-order valence-corrected chi connectivity index (χ3v) is 7.13. The topological polar surface area (TPSA) is 230 Å². The van der Waals surface area contributed by atoms with Gasteiger partial charge in [0.15, 0.2) is 0 Å². The number of nitrogens with one attached hydrogen (secondary N) is 4. The zero-order chi connectivity index (χ0) is 30.5. The molecule has 5 atom stereocenters. The molecule has 13 heteroatoms. The van der Waals surface area contributed by atoms with Crippen molar-refractivity contribution in [1.29, 1.82) is 0 Å². The Morgan fingerprint density at radius 2 is 1.54 bits per heavy atom. The van der Waals surface area contributed by atoms with Gasteiger partial charge in [-0.05, 0) is 49.8 Å². The van der Waals surface area contributed by atoms with Gasteiger partial charge in [-0.15, -0.1) is 0 Å². The standard InChI is InChI=1S/C28H42N6O7/c1-3-16(2)24(30)27(39)32-20(10-6-7-13-29)25(37)34-22(14-17-15-31-19-9-5-4-8-18(17)19)26(38)33-21(28(40)41)11-12-23(35)36/h4-5,8-9,15-16,20-22,24,31H,3,6-7,10-14,29-30H2,1-2H3,(H,32,39)(H,33,38)(H,34,37)(H,35,36)(H,40,41). The molecule has 0 bridgehead atoms. The van der Waals surface area contributed by atoms with Crippen LogP contribution in [0, 0.1) is 5.92 Å². The number of H-pyrrole nitrogens is 1. The van der Waals surface area contributed by atoms with Crippen LogP contribution in [0.25, 0.3) is 10.9 Å². The molecule has 1 heterocycles. The van der Waals surface area contributed by atoms with Crippen LogP contribution in [0.1, 0.15) is 57.9 Å². The summed E-state index contributed by atoms with van der Waals surface area (Å²) in [6.45, 7) is 4.13. The Morgan fingerprint density at radius 3 is 2.17 bits per heavy atom. The lowest BCUT2D eigenvalue weighted by Crippen LogP contribution is -2.58. The van der Waals surface area contributed by atoms with Crippen molar-refractivity contribution in [3.63, 3.8) is 0 Å². The van der Waals surface area contributed by atoms with Crippen molar-refractivity contribution in [1.82, 2.24) is 20.9 Å². The number of aromatic nitrogens is 1. The molecule has 5 unspecified atom stereocenters. The highest BCUT2D eigenvalue weighted by Crippen LogP contribution is 2.19. The summed E-state index contributed by atoms with van der Waals surface area (Å²) in [5, 5.41) is 27.1. The van der Waals surface area contributed by atoms with Crippen molar-refractivity contribution in [2.45, 2.75) is 83.0 Å². The van der Waals surface area contributed by atoms with Crippen molar-refractivity contribution in [3.8, 4) is 0 Å². The molecule has 1 aromatic heterocycles. The van der Waals surface area contributed by atoms with Gasteiger partial charge in [-0.25, -0.2) is 4.79 Å². The molecule has 13 nitrogen and oxygen atoms in total. The number of carboxylic acid groups (broad SMARTS) is 2. The monoisotopic (exact) mass is 574 g/mol. The number of carboxylic acids is 2. The van der Waals surface area contributed by atoms with Crippen molar-refractivity contribution in [3.05, 3.63) is 36.0 Å². The Labute approximate surface area is 238 Å². The Balaban J connectivity index is 2.32. The molecule has 0 spiro atoms. The molecular weight excluding hydrogens is 532 g/mol. The average Bonchev–Trinajstić information content (AvgIpc) is 3.35. The molecule has 0 aliphatic rings. The predicted molar refractivity (Wildman–Crippen MR) is 153 cm³/mol. The molecule has 2 aromatic rings. The number of carbonyl (C=O) groups is 5.